The van der Waals surface area contributed by atoms with E-state index in [4.69, 9.17) is 9.47 Å². The molecule has 33 heavy (non-hydrogen) atoms. The van der Waals surface area contributed by atoms with Crippen LogP contribution in [0.3, 0.4) is 0 Å². The molecule has 2 amide bonds. The second kappa shape index (κ2) is 9.68. The molecule has 1 aliphatic rings. The van der Waals surface area contributed by atoms with Crippen LogP contribution in [0.15, 0.2) is 54.7 Å². The van der Waals surface area contributed by atoms with Gasteiger partial charge in [-0.15, -0.1) is 0 Å². The predicted molar refractivity (Wildman–Crippen MR) is 126 cm³/mol. The Labute approximate surface area is 192 Å². The van der Waals surface area contributed by atoms with Crippen molar-refractivity contribution in [1.29, 1.82) is 0 Å². The normalized spacial score (nSPS) is 15.8. The van der Waals surface area contributed by atoms with Gasteiger partial charge in [0.1, 0.15) is 6.10 Å². The van der Waals surface area contributed by atoms with Crippen molar-refractivity contribution in [2.75, 3.05) is 32.1 Å². The average molecular weight is 447 g/mol. The van der Waals surface area contributed by atoms with Crippen LogP contribution < -0.4 is 9.64 Å². The number of benzene rings is 1. The minimum atomic E-state index is -0.404. The summed E-state index contributed by atoms with van der Waals surface area (Å²) in [7, 11) is 3.24. The van der Waals surface area contributed by atoms with Gasteiger partial charge in [0, 0.05) is 36.6 Å². The number of likely N-dealkylation sites (N-methyl/N-ethyl adjacent to an activating group) is 1. The standard InChI is InChI=1S/C25H26N4O4/c1-4-17-5-8-19(9-6-17)29-16-20(33-25(29)31)15-28(2)23(30)12-7-18-13-14-26-21-10-11-22(32-3)27-24(18)21/h5-14,20H,4,15-16H2,1-3H3. The van der Waals surface area contributed by atoms with E-state index in [0.717, 1.165) is 17.7 Å². The zero-order valence-corrected chi connectivity index (χ0v) is 18.9. The van der Waals surface area contributed by atoms with Gasteiger partial charge in [-0.3, -0.25) is 14.7 Å². The smallest absolute Gasteiger partial charge is 0.414 e. The lowest BCUT2D eigenvalue weighted by atomic mass is 10.1. The number of fused-ring (bicyclic) bond motifs is 1. The van der Waals surface area contributed by atoms with Crippen molar-refractivity contribution in [3.8, 4) is 5.88 Å². The first-order chi connectivity index (χ1) is 16.0. The minimum absolute atomic E-state index is 0.204. The highest BCUT2D eigenvalue weighted by molar-refractivity contribution is 5.95. The second-order valence-electron chi connectivity index (χ2n) is 7.81. The van der Waals surface area contributed by atoms with Gasteiger partial charge in [-0.05, 0) is 42.3 Å². The van der Waals surface area contributed by atoms with Crippen molar-refractivity contribution in [2.45, 2.75) is 19.4 Å². The molecule has 1 aliphatic heterocycles. The van der Waals surface area contributed by atoms with Crippen LogP contribution in [0.2, 0.25) is 0 Å². The highest BCUT2D eigenvalue weighted by Gasteiger charge is 2.33. The quantitative estimate of drug-likeness (QED) is 0.515. The maximum atomic E-state index is 12.7. The molecule has 8 heteroatoms. The Kier molecular flexibility index (Phi) is 6.53. The lowest BCUT2D eigenvalue weighted by molar-refractivity contribution is -0.125. The summed E-state index contributed by atoms with van der Waals surface area (Å²) in [6.07, 6.45) is 4.99. The number of carbonyl (C=O) groups excluding carboxylic acids is 2. The fourth-order valence-corrected chi connectivity index (χ4v) is 3.70. The van der Waals surface area contributed by atoms with Crippen LogP contribution in [-0.4, -0.2) is 60.2 Å². The van der Waals surface area contributed by atoms with Crippen molar-refractivity contribution in [3.05, 3.63) is 65.9 Å². The number of methoxy groups -OCH3 is 1. The van der Waals surface area contributed by atoms with Crippen LogP contribution in [0.4, 0.5) is 10.5 Å². The number of nitrogens with zero attached hydrogens (tertiary/aromatic N) is 4. The highest BCUT2D eigenvalue weighted by atomic mass is 16.6. The van der Waals surface area contributed by atoms with Gasteiger partial charge in [0.25, 0.3) is 0 Å². The van der Waals surface area contributed by atoms with E-state index in [0.29, 0.717) is 30.0 Å². The molecule has 0 aliphatic carbocycles. The molecule has 0 bridgehead atoms. The third kappa shape index (κ3) is 4.95. The number of cyclic esters (lactones) is 1. The summed E-state index contributed by atoms with van der Waals surface area (Å²) in [6.45, 7) is 2.77. The van der Waals surface area contributed by atoms with Crippen molar-refractivity contribution in [3.63, 3.8) is 0 Å². The molecule has 1 unspecified atom stereocenters. The summed E-state index contributed by atoms with van der Waals surface area (Å²) in [5, 5.41) is 0. The van der Waals surface area contributed by atoms with E-state index in [1.807, 2.05) is 30.3 Å². The highest BCUT2D eigenvalue weighted by Crippen LogP contribution is 2.23. The van der Waals surface area contributed by atoms with Crippen LogP contribution in [0.5, 0.6) is 5.88 Å². The summed E-state index contributed by atoms with van der Waals surface area (Å²) in [5.41, 5.74) is 4.12. The fraction of sp³-hybridized carbons (Fsp3) is 0.280. The Morgan fingerprint density at radius 2 is 2.03 bits per heavy atom. The molecular formula is C25H26N4O4. The van der Waals surface area contributed by atoms with Crippen LogP contribution in [0.25, 0.3) is 17.1 Å². The number of hydrogen-bond acceptors (Lipinski definition) is 6. The van der Waals surface area contributed by atoms with E-state index in [9.17, 15) is 9.59 Å². The summed E-state index contributed by atoms with van der Waals surface area (Å²) in [4.78, 5) is 36.9. The van der Waals surface area contributed by atoms with Gasteiger partial charge in [-0.1, -0.05) is 19.1 Å². The first-order valence-electron chi connectivity index (χ1n) is 10.8. The third-order valence-corrected chi connectivity index (χ3v) is 5.59. The van der Waals surface area contributed by atoms with Gasteiger partial charge < -0.3 is 14.4 Å². The van der Waals surface area contributed by atoms with Gasteiger partial charge in [-0.25, -0.2) is 9.78 Å². The number of amides is 2. The molecule has 170 valence electrons. The van der Waals surface area contributed by atoms with E-state index in [1.165, 1.54) is 16.5 Å². The van der Waals surface area contributed by atoms with E-state index in [2.05, 4.69) is 16.9 Å². The number of carbonyl (C=O) groups is 2. The largest absolute Gasteiger partial charge is 0.481 e. The van der Waals surface area contributed by atoms with Gasteiger partial charge >= 0.3 is 6.09 Å². The molecule has 3 aromatic rings. The number of ether oxygens (including phenoxy) is 2. The van der Waals surface area contributed by atoms with Crippen LogP contribution >= 0.6 is 0 Å². The number of rotatable bonds is 7. The summed E-state index contributed by atoms with van der Waals surface area (Å²) < 4.78 is 10.7. The van der Waals surface area contributed by atoms with Gasteiger partial charge in [0.05, 0.1) is 31.2 Å². The van der Waals surface area contributed by atoms with Crippen molar-refractivity contribution >= 4 is 34.8 Å². The van der Waals surface area contributed by atoms with E-state index < -0.39 is 12.2 Å². The number of aryl methyl sites for hydroxylation is 1. The van der Waals surface area contributed by atoms with Crippen LogP contribution in [-0.2, 0) is 16.0 Å². The molecule has 0 spiro atoms. The molecule has 8 nitrogen and oxygen atoms in total. The van der Waals surface area contributed by atoms with E-state index in [1.54, 1.807) is 43.5 Å². The van der Waals surface area contributed by atoms with Gasteiger partial charge in [0.15, 0.2) is 0 Å². The first kappa shape index (κ1) is 22.3. The fourth-order valence-electron chi connectivity index (χ4n) is 3.70. The number of hydrogen-bond donors (Lipinski definition) is 0. The summed E-state index contributed by atoms with van der Waals surface area (Å²) in [6, 6.07) is 13.2. The molecule has 1 fully saturated rings. The molecule has 1 aromatic carbocycles. The van der Waals surface area contributed by atoms with Crippen LogP contribution in [0, 0.1) is 0 Å². The summed E-state index contributed by atoms with van der Waals surface area (Å²) in [5.74, 6) is 0.273. The van der Waals surface area contributed by atoms with E-state index >= 15 is 0 Å². The van der Waals surface area contributed by atoms with E-state index in [-0.39, 0.29) is 5.91 Å². The molecule has 1 saturated heterocycles. The van der Waals surface area contributed by atoms with Gasteiger partial charge in [0.2, 0.25) is 11.8 Å². The van der Waals surface area contributed by atoms with Crippen molar-refractivity contribution < 1.29 is 19.1 Å². The zero-order valence-electron chi connectivity index (χ0n) is 18.9. The zero-order chi connectivity index (χ0) is 23.4. The Morgan fingerprint density at radius 3 is 2.76 bits per heavy atom. The van der Waals surface area contributed by atoms with Gasteiger partial charge in [-0.2, -0.15) is 0 Å². The van der Waals surface area contributed by atoms with Crippen molar-refractivity contribution in [1.82, 2.24) is 14.9 Å². The Morgan fingerprint density at radius 1 is 1.24 bits per heavy atom. The lowest BCUT2D eigenvalue weighted by Crippen LogP contribution is -2.35. The number of anilines is 1. The SMILES string of the molecule is CCc1ccc(N2CC(CN(C)C(=O)C=Cc3ccnc4ccc(OC)nc34)OC2=O)cc1. The topological polar surface area (TPSA) is 84.9 Å². The molecule has 2 aromatic heterocycles. The maximum Gasteiger partial charge on any atom is 0.414 e. The predicted octanol–water partition coefficient (Wildman–Crippen LogP) is 3.70. The van der Waals surface area contributed by atoms with Crippen molar-refractivity contribution in [2.24, 2.45) is 0 Å². The summed E-state index contributed by atoms with van der Waals surface area (Å²) >= 11 is 0. The molecule has 0 radical (unpaired) electrons. The average Bonchev–Trinajstić information content (AvgIpc) is 3.21. The molecule has 3 heterocycles. The Balaban J connectivity index is 1.40. The first-order valence-corrected chi connectivity index (χ1v) is 10.8. The molecular weight excluding hydrogens is 420 g/mol. The monoisotopic (exact) mass is 446 g/mol. The maximum absolute atomic E-state index is 12.7. The molecule has 4 rings (SSSR count). The lowest BCUT2D eigenvalue weighted by Gasteiger charge is -2.18. The molecule has 1 atom stereocenters. The number of pyridine rings is 2. The Hall–Kier alpha value is -3.94. The Bertz CT molecular complexity index is 1190. The number of aromatic nitrogens is 2. The third-order valence-electron chi connectivity index (χ3n) is 5.59. The molecule has 0 saturated carbocycles. The van der Waals surface area contributed by atoms with Crippen LogP contribution in [0.1, 0.15) is 18.1 Å². The molecule has 0 N–H and O–H groups in total. The second-order valence-corrected chi connectivity index (χ2v) is 7.81. The minimum Gasteiger partial charge on any atom is -0.481 e.